The van der Waals surface area contributed by atoms with Crippen LogP contribution < -0.4 is 10.6 Å². The predicted molar refractivity (Wildman–Crippen MR) is 64.5 cm³/mol. The Balaban J connectivity index is 3.68. The van der Waals surface area contributed by atoms with Gasteiger partial charge in [0.05, 0.1) is 0 Å². The van der Waals surface area contributed by atoms with Gasteiger partial charge in [0.25, 0.3) is 0 Å². The van der Waals surface area contributed by atoms with Crippen LogP contribution in [0.3, 0.4) is 0 Å². The summed E-state index contributed by atoms with van der Waals surface area (Å²) in [5.74, 6) is -0.921. The van der Waals surface area contributed by atoms with Crippen LogP contribution in [0.5, 0.6) is 0 Å². The second-order valence-electron chi connectivity index (χ2n) is 3.23. The SMILES string of the molecule is CCN(CC)CCNC(=O)C(=O)NCCCl. The van der Waals surface area contributed by atoms with E-state index >= 15 is 0 Å². The second kappa shape index (κ2) is 9.42. The van der Waals surface area contributed by atoms with Gasteiger partial charge in [-0.25, -0.2) is 0 Å². The van der Waals surface area contributed by atoms with Crippen LogP contribution in [0.15, 0.2) is 0 Å². The fraction of sp³-hybridized carbons (Fsp3) is 0.800. The molecule has 0 atom stereocenters. The number of nitrogens with zero attached hydrogens (tertiary/aromatic N) is 1. The minimum atomic E-state index is -0.625. The highest BCUT2D eigenvalue weighted by molar-refractivity contribution is 6.35. The van der Waals surface area contributed by atoms with Gasteiger partial charge < -0.3 is 15.5 Å². The highest BCUT2D eigenvalue weighted by Crippen LogP contribution is 1.84. The summed E-state index contributed by atoms with van der Waals surface area (Å²) in [5, 5.41) is 4.96. The number of hydrogen-bond acceptors (Lipinski definition) is 3. The molecule has 0 aliphatic rings. The van der Waals surface area contributed by atoms with E-state index in [1.807, 2.05) is 0 Å². The molecule has 94 valence electrons. The van der Waals surface area contributed by atoms with Crippen molar-refractivity contribution in [1.29, 1.82) is 0 Å². The minimum absolute atomic E-state index is 0.304. The van der Waals surface area contributed by atoms with Gasteiger partial charge >= 0.3 is 11.8 Å². The Morgan fingerprint density at radius 1 is 1.06 bits per heavy atom. The summed E-state index contributed by atoms with van der Waals surface area (Å²) >= 11 is 5.38. The van der Waals surface area contributed by atoms with Crippen molar-refractivity contribution in [3.8, 4) is 0 Å². The average molecular weight is 250 g/mol. The Morgan fingerprint density at radius 2 is 1.56 bits per heavy atom. The minimum Gasteiger partial charge on any atom is -0.347 e. The molecule has 0 aliphatic carbocycles. The van der Waals surface area contributed by atoms with Crippen LogP contribution in [0, 0.1) is 0 Å². The highest BCUT2D eigenvalue weighted by Gasteiger charge is 2.11. The van der Waals surface area contributed by atoms with Crippen molar-refractivity contribution < 1.29 is 9.59 Å². The predicted octanol–water partition coefficient (Wildman–Crippen LogP) is -0.201. The van der Waals surface area contributed by atoms with Gasteiger partial charge in [-0.1, -0.05) is 13.8 Å². The molecule has 2 amide bonds. The third kappa shape index (κ3) is 6.63. The maximum absolute atomic E-state index is 11.2. The smallest absolute Gasteiger partial charge is 0.309 e. The first kappa shape index (κ1) is 15.2. The van der Waals surface area contributed by atoms with E-state index in [0.717, 1.165) is 19.6 Å². The summed E-state index contributed by atoms with van der Waals surface area (Å²) in [4.78, 5) is 24.5. The molecule has 0 aromatic rings. The van der Waals surface area contributed by atoms with Crippen molar-refractivity contribution in [2.75, 3.05) is 38.6 Å². The molecule has 5 nitrogen and oxygen atoms in total. The first-order valence-electron chi connectivity index (χ1n) is 5.50. The zero-order chi connectivity index (χ0) is 12.4. The maximum Gasteiger partial charge on any atom is 0.309 e. The molecule has 0 rings (SSSR count). The molecule has 2 N–H and O–H groups in total. The topological polar surface area (TPSA) is 61.4 Å². The van der Waals surface area contributed by atoms with Crippen molar-refractivity contribution in [2.45, 2.75) is 13.8 Å². The lowest BCUT2D eigenvalue weighted by Gasteiger charge is -2.17. The monoisotopic (exact) mass is 249 g/mol. The fourth-order valence-electron chi connectivity index (χ4n) is 1.19. The van der Waals surface area contributed by atoms with E-state index in [4.69, 9.17) is 11.6 Å². The Bertz CT molecular complexity index is 220. The molecule has 0 spiro atoms. The van der Waals surface area contributed by atoms with E-state index in [9.17, 15) is 9.59 Å². The lowest BCUT2D eigenvalue weighted by atomic mass is 10.4. The molecule has 0 heterocycles. The zero-order valence-corrected chi connectivity index (χ0v) is 10.6. The molecule has 0 saturated carbocycles. The molecule has 6 heteroatoms. The van der Waals surface area contributed by atoms with Crippen LogP contribution in [0.1, 0.15) is 13.8 Å². The van der Waals surface area contributed by atoms with Crippen molar-refractivity contribution in [2.24, 2.45) is 0 Å². The van der Waals surface area contributed by atoms with E-state index in [0.29, 0.717) is 19.0 Å². The largest absolute Gasteiger partial charge is 0.347 e. The maximum atomic E-state index is 11.2. The highest BCUT2D eigenvalue weighted by atomic mass is 35.5. The van der Waals surface area contributed by atoms with Crippen molar-refractivity contribution in [3.05, 3.63) is 0 Å². The van der Waals surface area contributed by atoms with Crippen LogP contribution in [-0.4, -0.2) is 55.3 Å². The van der Waals surface area contributed by atoms with Crippen LogP contribution in [0.2, 0.25) is 0 Å². The van der Waals surface area contributed by atoms with Crippen LogP contribution in [0.25, 0.3) is 0 Å². The van der Waals surface area contributed by atoms with Gasteiger partial charge in [0, 0.05) is 25.5 Å². The van der Waals surface area contributed by atoms with E-state index in [-0.39, 0.29) is 0 Å². The number of carbonyl (C=O) groups is 2. The van der Waals surface area contributed by atoms with Gasteiger partial charge in [-0.3, -0.25) is 9.59 Å². The number of rotatable bonds is 7. The summed E-state index contributed by atoms with van der Waals surface area (Å²) in [6.07, 6.45) is 0. The first-order chi connectivity index (χ1) is 7.65. The van der Waals surface area contributed by atoms with Gasteiger partial charge in [0.2, 0.25) is 0 Å². The van der Waals surface area contributed by atoms with Crippen LogP contribution in [0.4, 0.5) is 0 Å². The van der Waals surface area contributed by atoms with E-state index < -0.39 is 11.8 Å². The Kier molecular flexibility index (Phi) is 8.94. The fourth-order valence-corrected chi connectivity index (χ4v) is 1.28. The molecule has 0 unspecified atom stereocenters. The third-order valence-electron chi connectivity index (χ3n) is 2.19. The number of hydrogen-bond donors (Lipinski definition) is 2. The zero-order valence-electron chi connectivity index (χ0n) is 9.88. The van der Waals surface area contributed by atoms with Crippen LogP contribution >= 0.6 is 11.6 Å². The quantitative estimate of drug-likeness (QED) is 0.485. The molecule has 0 aliphatic heterocycles. The molecule has 0 saturated heterocycles. The molecular weight excluding hydrogens is 230 g/mol. The standard InChI is InChI=1S/C10H20ClN3O2/c1-3-14(4-2)8-7-13-10(16)9(15)12-6-5-11/h3-8H2,1-2H3,(H,12,15)(H,13,16). The molecular formula is C10H20ClN3O2. The van der Waals surface area contributed by atoms with Crippen LogP contribution in [-0.2, 0) is 9.59 Å². The molecule has 0 aromatic carbocycles. The summed E-state index contributed by atoms with van der Waals surface area (Å²) in [7, 11) is 0. The molecule has 16 heavy (non-hydrogen) atoms. The lowest BCUT2D eigenvalue weighted by Crippen LogP contribution is -2.43. The summed E-state index contributed by atoms with van der Waals surface area (Å²) < 4.78 is 0. The lowest BCUT2D eigenvalue weighted by molar-refractivity contribution is -0.139. The molecule has 0 aromatic heterocycles. The normalized spacial score (nSPS) is 10.2. The molecule has 0 bridgehead atoms. The van der Waals surface area contributed by atoms with Crippen molar-refractivity contribution >= 4 is 23.4 Å². The van der Waals surface area contributed by atoms with Crippen molar-refractivity contribution in [1.82, 2.24) is 15.5 Å². The number of carbonyl (C=O) groups excluding carboxylic acids is 2. The van der Waals surface area contributed by atoms with Gasteiger partial charge in [-0.15, -0.1) is 11.6 Å². The number of halogens is 1. The summed E-state index contributed by atoms with van der Waals surface area (Å²) in [5.41, 5.74) is 0. The Morgan fingerprint density at radius 3 is 2.00 bits per heavy atom. The number of likely N-dealkylation sites (N-methyl/N-ethyl adjacent to an activating group) is 1. The van der Waals surface area contributed by atoms with Crippen molar-refractivity contribution in [3.63, 3.8) is 0 Å². The van der Waals surface area contributed by atoms with Gasteiger partial charge in [-0.2, -0.15) is 0 Å². The molecule has 0 radical (unpaired) electrons. The number of amides is 2. The second-order valence-corrected chi connectivity index (χ2v) is 3.61. The Labute approximate surface area is 102 Å². The Hall–Kier alpha value is -0.810. The van der Waals surface area contributed by atoms with Gasteiger partial charge in [0.1, 0.15) is 0 Å². The molecule has 0 fully saturated rings. The van der Waals surface area contributed by atoms with E-state index in [1.165, 1.54) is 0 Å². The van der Waals surface area contributed by atoms with Gasteiger partial charge in [0.15, 0.2) is 0 Å². The average Bonchev–Trinajstić information content (AvgIpc) is 2.31. The number of nitrogens with one attached hydrogen (secondary N) is 2. The summed E-state index contributed by atoms with van der Waals surface area (Å²) in [6.45, 7) is 7.52. The van der Waals surface area contributed by atoms with E-state index in [1.54, 1.807) is 0 Å². The third-order valence-corrected chi connectivity index (χ3v) is 2.38. The van der Waals surface area contributed by atoms with E-state index in [2.05, 4.69) is 29.4 Å². The van der Waals surface area contributed by atoms with Gasteiger partial charge in [-0.05, 0) is 13.1 Å². The number of alkyl halides is 1. The summed E-state index contributed by atoms with van der Waals surface area (Å²) in [6, 6.07) is 0. The first-order valence-corrected chi connectivity index (χ1v) is 6.03.